The fourth-order valence-corrected chi connectivity index (χ4v) is 1.56. The van der Waals surface area contributed by atoms with Crippen molar-refractivity contribution in [3.63, 3.8) is 0 Å². The van der Waals surface area contributed by atoms with Crippen molar-refractivity contribution in [2.24, 2.45) is 0 Å². The van der Waals surface area contributed by atoms with Gasteiger partial charge in [-0.25, -0.2) is 4.79 Å². The molecular formula is C16H15NO4. The van der Waals surface area contributed by atoms with Gasteiger partial charge in [0.05, 0.1) is 6.26 Å². The number of benzene rings is 1. The number of anilines is 1. The molecule has 0 aliphatic carbocycles. The largest absolute Gasteiger partial charge is 0.465 e. The van der Waals surface area contributed by atoms with E-state index in [1.54, 1.807) is 24.3 Å². The molecule has 108 valence electrons. The highest BCUT2D eigenvalue weighted by atomic mass is 16.5. The molecule has 21 heavy (non-hydrogen) atoms. The summed E-state index contributed by atoms with van der Waals surface area (Å²) in [5.74, 6) is -0.458. The van der Waals surface area contributed by atoms with Crippen molar-refractivity contribution >= 4 is 23.6 Å². The van der Waals surface area contributed by atoms with E-state index in [2.05, 4.69) is 5.32 Å². The predicted molar refractivity (Wildman–Crippen MR) is 78.5 cm³/mol. The van der Waals surface area contributed by atoms with Crippen molar-refractivity contribution in [2.75, 3.05) is 11.9 Å². The van der Waals surface area contributed by atoms with Gasteiger partial charge >= 0.3 is 5.97 Å². The maximum Gasteiger partial charge on any atom is 0.331 e. The molecule has 5 nitrogen and oxygen atoms in total. The van der Waals surface area contributed by atoms with Crippen LogP contribution in [0.25, 0.3) is 6.08 Å². The van der Waals surface area contributed by atoms with Crippen LogP contribution in [0.1, 0.15) is 11.3 Å². The van der Waals surface area contributed by atoms with Crippen molar-refractivity contribution in [1.82, 2.24) is 0 Å². The van der Waals surface area contributed by atoms with Gasteiger partial charge in [0.25, 0.3) is 5.91 Å². The zero-order valence-electron chi connectivity index (χ0n) is 11.5. The van der Waals surface area contributed by atoms with Gasteiger partial charge in [-0.1, -0.05) is 17.7 Å². The van der Waals surface area contributed by atoms with E-state index in [1.165, 1.54) is 18.4 Å². The molecule has 0 fully saturated rings. The summed E-state index contributed by atoms with van der Waals surface area (Å²) in [4.78, 5) is 23.0. The van der Waals surface area contributed by atoms with Gasteiger partial charge < -0.3 is 14.5 Å². The second-order valence-electron chi connectivity index (χ2n) is 4.37. The number of hydrogen-bond acceptors (Lipinski definition) is 4. The Morgan fingerprint density at radius 1 is 1.24 bits per heavy atom. The zero-order valence-corrected chi connectivity index (χ0v) is 11.5. The van der Waals surface area contributed by atoms with E-state index in [4.69, 9.17) is 9.15 Å². The van der Waals surface area contributed by atoms with Crippen LogP contribution in [-0.2, 0) is 14.3 Å². The second-order valence-corrected chi connectivity index (χ2v) is 4.37. The van der Waals surface area contributed by atoms with Crippen LogP contribution < -0.4 is 5.32 Å². The number of ether oxygens (including phenoxy) is 1. The minimum atomic E-state index is -0.606. The highest BCUT2D eigenvalue weighted by molar-refractivity contribution is 5.94. The maximum absolute atomic E-state index is 11.6. The Kier molecular flexibility index (Phi) is 4.93. The summed E-state index contributed by atoms with van der Waals surface area (Å²) in [6, 6.07) is 10.7. The second kappa shape index (κ2) is 7.09. The lowest BCUT2D eigenvalue weighted by molar-refractivity contribution is -0.142. The highest BCUT2D eigenvalue weighted by Gasteiger charge is 2.05. The molecule has 0 bridgehead atoms. The third-order valence-electron chi connectivity index (χ3n) is 2.61. The minimum absolute atomic E-state index is 0.338. The molecule has 2 rings (SSSR count). The van der Waals surface area contributed by atoms with Crippen LogP contribution in [0.2, 0.25) is 0 Å². The van der Waals surface area contributed by atoms with Crippen molar-refractivity contribution in [3.05, 3.63) is 60.1 Å². The fraction of sp³-hybridized carbons (Fsp3) is 0.125. The molecule has 0 saturated carbocycles. The first-order chi connectivity index (χ1) is 10.1. The molecule has 0 aliphatic heterocycles. The third-order valence-corrected chi connectivity index (χ3v) is 2.61. The van der Waals surface area contributed by atoms with Gasteiger partial charge in [0.1, 0.15) is 5.76 Å². The van der Waals surface area contributed by atoms with E-state index in [-0.39, 0.29) is 6.61 Å². The minimum Gasteiger partial charge on any atom is -0.465 e. The number of carbonyl (C=O) groups is 2. The van der Waals surface area contributed by atoms with E-state index in [0.717, 1.165) is 5.56 Å². The molecule has 0 atom stereocenters. The van der Waals surface area contributed by atoms with Crippen LogP contribution in [0.4, 0.5) is 5.69 Å². The average Bonchev–Trinajstić information content (AvgIpc) is 2.99. The van der Waals surface area contributed by atoms with Crippen molar-refractivity contribution in [2.45, 2.75) is 6.92 Å². The molecule has 5 heteroatoms. The Morgan fingerprint density at radius 3 is 2.67 bits per heavy atom. The third kappa shape index (κ3) is 4.99. The molecule has 1 aromatic carbocycles. The van der Waals surface area contributed by atoms with Crippen molar-refractivity contribution < 1.29 is 18.7 Å². The van der Waals surface area contributed by atoms with Gasteiger partial charge in [-0.05, 0) is 37.3 Å². The summed E-state index contributed by atoms with van der Waals surface area (Å²) in [6.07, 6.45) is 4.18. The van der Waals surface area contributed by atoms with Crippen LogP contribution in [0, 0.1) is 6.92 Å². The summed E-state index contributed by atoms with van der Waals surface area (Å²) in [5.41, 5.74) is 1.76. The number of rotatable bonds is 5. The molecule has 2 aromatic rings. The smallest absolute Gasteiger partial charge is 0.331 e. The fourth-order valence-electron chi connectivity index (χ4n) is 1.56. The average molecular weight is 285 g/mol. The Hall–Kier alpha value is -2.82. The SMILES string of the molecule is Cc1ccc(NC(=O)COC(=O)/C=C/c2ccco2)cc1. The lowest BCUT2D eigenvalue weighted by atomic mass is 10.2. The van der Waals surface area contributed by atoms with E-state index in [1.807, 2.05) is 19.1 Å². The van der Waals surface area contributed by atoms with Crippen molar-refractivity contribution in [3.8, 4) is 0 Å². The molecule has 0 aliphatic rings. The number of nitrogens with one attached hydrogen (secondary N) is 1. The number of esters is 1. The predicted octanol–water partition coefficient (Wildman–Crippen LogP) is 2.78. The van der Waals surface area contributed by atoms with E-state index < -0.39 is 11.9 Å². The van der Waals surface area contributed by atoms with E-state index in [9.17, 15) is 9.59 Å². The number of carbonyl (C=O) groups excluding carboxylic acids is 2. The van der Waals surface area contributed by atoms with Crippen molar-refractivity contribution in [1.29, 1.82) is 0 Å². The summed E-state index contributed by atoms with van der Waals surface area (Å²) in [6.45, 7) is 1.62. The first kappa shape index (κ1) is 14.6. The number of furan rings is 1. The molecule has 0 radical (unpaired) electrons. The number of hydrogen-bond donors (Lipinski definition) is 1. The summed E-state index contributed by atoms with van der Waals surface area (Å²) in [5, 5.41) is 2.64. The molecule has 1 amide bonds. The lowest BCUT2D eigenvalue weighted by Crippen LogP contribution is -2.20. The number of aryl methyl sites for hydroxylation is 1. The first-order valence-electron chi connectivity index (χ1n) is 6.38. The Morgan fingerprint density at radius 2 is 2.00 bits per heavy atom. The quantitative estimate of drug-likeness (QED) is 0.677. The van der Waals surface area contributed by atoms with Crippen LogP contribution in [-0.4, -0.2) is 18.5 Å². The van der Waals surface area contributed by atoms with Gasteiger partial charge in [0.15, 0.2) is 6.61 Å². The molecular weight excluding hydrogens is 270 g/mol. The van der Waals surface area contributed by atoms with Crippen LogP contribution in [0.5, 0.6) is 0 Å². The van der Waals surface area contributed by atoms with Gasteiger partial charge in [0, 0.05) is 11.8 Å². The maximum atomic E-state index is 11.6. The Bertz CT molecular complexity index is 627. The van der Waals surface area contributed by atoms with E-state index >= 15 is 0 Å². The standard InChI is InChI=1S/C16H15NO4/c1-12-4-6-13(7-5-12)17-15(18)11-21-16(19)9-8-14-3-2-10-20-14/h2-10H,11H2,1H3,(H,17,18)/b9-8+. The van der Waals surface area contributed by atoms with Gasteiger partial charge in [0.2, 0.25) is 0 Å². The summed E-state index contributed by atoms with van der Waals surface area (Å²) in [7, 11) is 0. The van der Waals surface area contributed by atoms with Crippen LogP contribution in [0.3, 0.4) is 0 Å². The van der Waals surface area contributed by atoms with Gasteiger partial charge in [-0.15, -0.1) is 0 Å². The molecule has 0 spiro atoms. The topological polar surface area (TPSA) is 68.5 Å². The molecule has 1 N–H and O–H groups in total. The highest BCUT2D eigenvalue weighted by Crippen LogP contribution is 2.08. The molecule has 0 unspecified atom stereocenters. The van der Waals surface area contributed by atoms with Crippen LogP contribution >= 0.6 is 0 Å². The van der Waals surface area contributed by atoms with Gasteiger partial charge in [-0.2, -0.15) is 0 Å². The lowest BCUT2D eigenvalue weighted by Gasteiger charge is -2.05. The normalized spacial score (nSPS) is 10.5. The first-order valence-corrected chi connectivity index (χ1v) is 6.38. The number of amides is 1. The summed E-state index contributed by atoms with van der Waals surface area (Å²) < 4.78 is 9.84. The molecule has 0 saturated heterocycles. The Labute approximate surface area is 122 Å². The van der Waals surface area contributed by atoms with E-state index in [0.29, 0.717) is 11.4 Å². The Balaban J connectivity index is 1.75. The molecule has 1 aromatic heterocycles. The van der Waals surface area contributed by atoms with Gasteiger partial charge in [-0.3, -0.25) is 4.79 Å². The summed E-state index contributed by atoms with van der Waals surface area (Å²) >= 11 is 0. The van der Waals surface area contributed by atoms with Crippen LogP contribution in [0.15, 0.2) is 53.2 Å². The molecule has 1 heterocycles. The monoisotopic (exact) mass is 285 g/mol. The zero-order chi connectivity index (χ0) is 15.1.